The number of amides is 1. The summed E-state index contributed by atoms with van der Waals surface area (Å²) in [4.78, 5) is 20.6. The zero-order valence-corrected chi connectivity index (χ0v) is 11.3. The number of aryl methyl sites for hydroxylation is 2. The third-order valence-corrected chi connectivity index (χ3v) is 2.99. The molecule has 0 radical (unpaired) electrons. The maximum atomic E-state index is 12.2. The predicted molar refractivity (Wildman–Crippen MR) is 76.9 cm³/mol. The van der Waals surface area contributed by atoms with Crippen molar-refractivity contribution in [3.8, 4) is 0 Å². The van der Waals surface area contributed by atoms with E-state index in [0.29, 0.717) is 11.5 Å². The molecular formula is C15H14N4O. The minimum atomic E-state index is -0.260. The second-order valence-corrected chi connectivity index (χ2v) is 4.77. The minimum absolute atomic E-state index is 0.260. The van der Waals surface area contributed by atoms with E-state index in [1.807, 2.05) is 48.7 Å². The smallest absolute Gasteiger partial charge is 0.277 e. The van der Waals surface area contributed by atoms with E-state index in [-0.39, 0.29) is 5.91 Å². The summed E-state index contributed by atoms with van der Waals surface area (Å²) in [6.45, 7) is 3.95. The van der Waals surface area contributed by atoms with Crippen LogP contribution < -0.4 is 5.32 Å². The molecule has 3 aromatic heterocycles. The van der Waals surface area contributed by atoms with E-state index >= 15 is 0 Å². The summed E-state index contributed by atoms with van der Waals surface area (Å²) in [6.07, 6.45) is 5.31. The number of imidazole rings is 1. The summed E-state index contributed by atoms with van der Waals surface area (Å²) < 4.78 is 1.84. The molecule has 0 aromatic carbocycles. The lowest BCUT2D eigenvalue weighted by molar-refractivity contribution is 0.102. The van der Waals surface area contributed by atoms with Crippen LogP contribution in [-0.2, 0) is 0 Å². The lowest BCUT2D eigenvalue weighted by atomic mass is 10.3. The fourth-order valence-electron chi connectivity index (χ4n) is 2.00. The molecular weight excluding hydrogens is 252 g/mol. The van der Waals surface area contributed by atoms with Gasteiger partial charge in [0.05, 0.1) is 0 Å². The molecule has 0 bridgehead atoms. The Hall–Kier alpha value is -2.69. The lowest BCUT2D eigenvalue weighted by Gasteiger charge is -2.02. The van der Waals surface area contributed by atoms with Gasteiger partial charge in [-0.2, -0.15) is 0 Å². The Morgan fingerprint density at radius 2 is 2.00 bits per heavy atom. The van der Waals surface area contributed by atoms with Crippen LogP contribution in [0.4, 0.5) is 5.82 Å². The van der Waals surface area contributed by atoms with E-state index in [9.17, 15) is 4.79 Å². The molecule has 0 saturated heterocycles. The number of carbonyl (C=O) groups excluding carboxylic acids is 1. The Morgan fingerprint density at radius 1 is 1.15 bits per heavy atom. The standard InChI is InChI=1S/C15H14N4O/c1-10-5-6-16-13(7-10)18-15(20)12-9-19-8-11(2)3-4-14(19)17-12/h3-9H,1-2H3,(H,16,18,20). The van der Waals surface area contributed by atoms with Crippen LogP contribution in [0.3, 0.4) is 0 Å². The molecule has 5 nitrogen and oxygen atoms in total. The molecule has 100 valence electrons. The second-order valence-electron chi connectivity index (χ2n) is 4.77. The van der Waals surface area contributed by atoms with Gasteiger partial charge in [-0.15, -0.1) is 0 Å². The number of hydrogen-bond donors (Lipinski definition) is 1. The number of nitrogens with one attached hydrogen (secondary N) is 1. The first-order valence-corrected chi connectivity index (χ1v) is 6.31. The summed E-state index contributed by atoms with van der Waals surface area (Å²) in [6, 6.07) is 7.55. The van der Waals surface area contributed by atoms with Crippen LogP contribution in [0.25, 0.3) is 5.65 Å². The van der Waals surface area contributed by atoms with Gasteiger partial charge >= 0.3 is 0 Å². The van der Waals surface area contributed by atoms with Gasteiger partial charge in [0.15, 0.2) is 0 Å². The second kappa shape index (κ2) is 4.77. The summed E-state index contributed by atoms with van der Waals surface area (Å²) in [5.41, 5.74) is 3.28. The SMILES string of the molecule is Cc1ccnc(NC(=O)c2cn3cc(C)ccc3n2)c1. The number of anilines is 1. The molecule has 0 unspecified atom stereocenters. The van der Waals surface area contributed by atoms with Crippen LogP contribution in [0.15, 0.2) is 42.9 Å². The highest BCUT2D eigenvalue weighted by molar-refractivity contribution is 6.02. The summed E-state index contributed by atoms with van der Waals surface area (Å²) in [7, 11) is 0. The number of carbonyl (C=O) groups is 1. The van der Waals surface area contributed by atoms with E-state index in [1.54, 1.807) is 12.4 Å². The lowest BCUT2D eigenvalue weighted by Crippen LogP contribution is -2.13. The fraction of sp³-hybridized carbons (Fsp3) is 0.133. The third-order valence-electron chi connectivity index (χ3n) is 2.99. The molecule has 0 fully saturated rings. The Balaban J connectivity index is 1.88. The Kier molecular flexibility index (Phi) is 2.95. The molecule has 0 aliphatic carbocycles. The first-order chi connectivity index (χ1) is 9.61. The molecule has 0 aliphatic rings. The van der Waals surface area contributed by atoms with Gasteiger partial charge in [0.25, 0.3) is 5.91 Å². The largest absolute Gasteiger partial charge is 0.306 e. The van der Waals surface area contributed by atoms with Gasteiger partial charge in [0.1, 0.15) is 17.2 Å². The van der Waals surface area contributed by atoms with Crippen molar-refractivity contribution in [3.05, 3.63) is 59.7 Å². The number of hydrogen-bond acceptors (Lipinski definition) is 3. The maximum Gasteiger partial charge on any atom is 0.277 e. The summed E-state index contributed by atoms with van der Waals surface area (Å²) in [5, 5.41) is 2.75. The number of nitrogens with zero attached hydrogens (tertiary/aromatic N) is 3. The van der Waals surface area contributed by atoms with Gasteiger partial charge < -0.3 is 9.72 Å². The molecule has 0 atom stereocenters. The molecule has 20 heavy (non-hydrogen) atoms. The molecule has 0 spiro atoms. The number of fused-ring (bicyclic) bond motifs is 1. The topological polar surface area (TPSA) is 59.3 Å². The first kappa shape index (κ1) is 12.3. The van der Waals surface area contributed by atoms with Crippen LogP contribution in [-0.4, -0.2) is 20.3 Å². The molecule has 0 saturated carbocycles. The van der Waals surface area contributed by atoms with E-state index in [4.69, 9.17) is 0 Å². The highest BCUT2D eigenvalue weighted by Crippen LogP contribution is 2.10. The van der Waals surface area contributed by atoms with Crippen molar-refractivity contribution in [1.29, 1.82) is 0 Å². The van der Waals surface area contributed by atoms with E-state index in [0.717, 1.165) is 16.8 Å². The van der Waals surface area contributed by atoms with Crippen molar-refractivity contribution < 1.29 is 4.79 Å². The van der Waals surface area contributed by atoms with E-state index in [2.05, 4.69) is 15.3 Å². The van der Waals surface area contributed by atoms with Crippen LogP contribution in [0.2, 0.25) is 0 Å². The molecule has 5 heteroatoms. The van der Waals surface area contributed by atoms with Crippen molar-refractivity contribution in [2.45, 2.75) is 13.8 Å². The van der Waals surface area contributed by atoms with Crippen molar-refractivity contribution >= 4 is 17.4 Å². The van der Waals surface area contributed by atoms with Gasteiger partial charge in [-0.3, -0.25) is 4.79 Å². The zero-order chi connectivity index (χ0) is 14.1. The van der Waals surface area contributed by atoms with Crippen molar-refractivity contribution in [2.75, 3.05) is 5.32 Å². The van der Waals surface area contributed by atoms with Crippen LogP contribution in [0, 0.1) is 13.8 Å². The predicted octanol–water partition coefficient (Wildman–Crippen LogP) is 2.60. The van der Waals surface area contributed by atoms with E-state index < -0.39 is 0 Å². The number of pyridine rings is 2. The average Bonchev–Trinajstić information content (AvgIpc) is 2.81. The maximum absolute atomic E-state index is 12.2. The molecule has 0 aliphatic heterocycles. The third kappa shape index (κ3) is 2.38. The Morgan fingerprint density at radius 3 is 2.80 bits per heavy atom. The Bertz CT molecular complexity index is 791. The van der Waals surface area contributed by atoms with Crippen molar-refractivity contribution in [3.63, 3.8) is 0 Å². The molecule has 3 rings (SSSR count). The number of aromatic nitrogens is 3. The normalized spacial score (nSPS) is 10.7. The molecule has 3 heterocycles. The monoisotopic (exact) mass is 266 g/mol. The number of rotatable bonds is 2. The van der Waals surface area contributed by atoms with Crippen LogP contribution in [0.5, 0.6) is 0 Å². The van der Waals surface area contributed by atoms with Gasteiger partial charge in [-0.1, -0.05) is 6.07 Å². The van der Waals surface area contributed by atoms with Gasteiger partial charge in [-0.25, -0.2) is 9.97 Å². The quantitative estimate of drug-likeness (QED) is 0.775. The highest BCUT2D eigenvalue weighted by atomic mass is 16.2. The van der Waals surface area contributed by atoms with E-state index in [1.165, 1.54) is 0 Å². The van der Waals surface area contributed by atoms with Gasteiger partial charge in [0, 0.05) is 18.6 Å². The first-order valence-electron chi connectivity index (χ1n) is 6.31. The van der Waals surface area contributed by atoms with Crippen molar-refractivity contribution in [1.82, 2.24) is 14.4 Å². The highest BCUT2D eigenvalue weighted by Gasteiger charge is 2.11. The molecule has 1 amide bonds. The fourth-order valence-corrected chi connectivity index (χ4v) is 2.00. The summed E-state index contributed by atoms with van der Waals surface area (Å²) >= 11 is 0. The van der Waals surface area contributed by atoms with Crippen LogP contribution in [0.1, 0.15) is 21.6 Å². The van der Waals surface area contributed by atoms with Crippen LogP contribution >= 0.6 is 0 Å². The zero-order valence-electron chi connectivity index (χ0n) is 11.3. The average molecular weight is 266 g/mol. The van der Waals surface area contributed by atoms with Gasteiger partial charge in [0.2, 0.25) is 0 Å². The van der Waals surface area contributed by atoms with Gasteiger partial charge in [-0.05, 0) is 43.2 Å². The Labute approximate surface area is 116 Å². The minimum Gasteiger partial charge on any atom is -0.306 e. The summed E-state index contributed by atoms with van der Waals surface area (Å²) in [5.74, 6) is 0.271. The molecule has 3 aromatic rings. The molecule has 1 N–H and O–H groups in total. The van der Waals surface area contributed by atoms with Crippen molar-refractivity contribution in [2.24, 2.45) is 0 Å².